The van der Waals surface area contributed by atoms with E-state index in [0.29, 0.717) is 5.03 Å². The molecule has 1 aromatic heterocycles. The minimum absolute atomic E-state index is 0.213. The highest BCUT2D eigenvalue weighted by molar-refractivity contribution is 7.99. The zero-order valence-electron chi connectivity index (χ0n) is 14.8. The number of hydrogen-bond donors (Lipinski definition) is 1. The van der Waals surface area contributed by atoms with Crippen molar-refractivity contribution in [2.75, 3.05) is 5.75 Å². The van der Waals surface area contributed by atoms with Crippen molar-refractivity contribution >= 4 is 52.6 Å². The Hall–Kier alpha value is -2.57. The quantitative estimate of drug-likeness (QED) is 0.361. The molecule has 1 N–H and O–H groups in total. The van der Waals surface area contributed by atoms with Gasteiger partial charge in [-0.15, -0.1) is 0 Å². The number of para-hydroxylation sites is 2. The lowest BCUT2D eigenvalue weighted by Crippen LogP contribution is -2.19. The summed E-state index contributed by atoms with van der Waals surface area (Å²) in [5.74, 6) is 0.0101. The zero-order chi connectivity index (χ0) is 19.1. The Morgan fingerprint density at radius 1 is 1.22 bits per heavy atom. The first kappa shape index (κ1) is 19.2. The number of carbonyl (C=O) groups excluding carboxylic acids is 1. The fraction of sp³-hybridized carbons (Fsp3) is 0.150. The molecule has 0 fully saturated rings. The molecule has 1 amide bonds. The second kappa shape index (κ2) is 9.39. The van der Waals surface area contributed by atoms with Crippen molar-refractivity contribution in [3.63, 3.8) is 0 Å². The van der Waals surface area contributed by atoms with E-state index in [4.69, 9.17) is 11.6 Å². The van der Waals surface area contributed by atoms with E-state index in [2.05, 4.69) is 27.0 Å². The fourth-order valence-corrected chi connectivity index (χ4v) is 3.59. The topological polar surface area (TPSA) is 59.3 Å². The van der Waals surface area contributed by atoms with E-state index in [1.807, 2.05) is 54.6 Å². The Bertz CT molecular complexity index is 982. The van der Waals surface area contributed by atoms with Crippen molar-refractivity contribution in [2.45, 2.75) is 18.6 Å². The van der Waals surface area contributed by atoms with Gasteiger partial charge in [0.25, 0.3) is 5.91 Å². The van der Waals surface area contributed by atoms with Crippen molar-refractivity contribution in [3.8, 4) is 0 Å². The van der Waals surface area contributed by atoms with Crippen LogP contribution in [0.25, 0.3) is 17.1 Å². The maximum absolute atomic E-state index is 12.0. The molecule has 0 unspecified atom stereocenters. The predicted molar refractivity (Wildman–Crippen MR) is 113 cm³/mol. The van der Waals surface area contributed by atoms with Crippen molar-refractivity contribution in [1.29, 1.82) is 0 Å². The number of nitrogens with zero attached hydrogens (tertiary/aromatic N) is 3. The summed E-state index contributed by atoms with van der Waals surface area (Å²) in [4.78, 5) is 16.6. The van der Waals surface area contributed by atoms with Crippen LogP contribution in [-0.2, 0) is 11.3 Å². The van der Waals surface area contributed by atoms with Gasteiger partial charge in [0, 0.05) is 6.54 Å². The number of amides is 1. The van der Waals surface area contributed by atoms with Crippen LogP contribution in [0.4, 0.5) is 0 Å². The highest BCUT2D eigenvalue weighted by Crippen LogP contribution is 2.23. The van der Waals surface area contributed by atoms with Gasteiger partial charge >= 0.3 is 0 Å². The van der Waals surface area contributed by atoms with Gasteiger partial charge in [-0.1, -0.05) is 65.8 Å². The first-order valence-corrected chi connectivity index (χ1v) is 9.86. The fourth-order valence-electron chi connectivity index (χ4n) is 2.54. The number of fused-ring (bicyclic) bond motifs is 1. The second-order valence-electron chi connectivity index (χ2n) is 5.65. The number of aryl methyl sites for hydroxylation is 1. The average Bonchev–Trinajstić information content (AvgIpc) is 3.04. The third-order valence-electron chi connectivity index (χ3n) is 3.75. The third kappa shape index (κ3) is 5.21. The lowest BCUT2D eigenvalue weighted by Gasteiger charge is -2.04. The Morgan fingerprint density at radius 2 is 1.96 bits per heavy atom. The monoisotopic (exact) mass is 398 g/mol. The molecule has 0 aliphatic rings. The van der Waals surface area contributed by atoms with Crippen LogP contribution in [0, 0.1) is 0 Å². The van der Waals surface area contributed by atoms with Gasteiger partial charge in [0.15, 0.2) is 5.16 Å². The molecule has 2 aromatic carbocycles. The lowest BCUT2D eigenvalue weighted by atomic mass is 10.2. The lowest BCUT2D eigenvalue weighted by molar-refractivity contribution is -0.118. The molecule has 0 aliphatic carbocycles. The van der Waals surface area contributed by atoms with Crippen LogP contribution >= 0.6 is 23.4 Å². The Labute approximate surface area is 167 Å². The van der Waals surface area contributed by atoms with Gasteiger partial charge in [0.05, 0.1) is 28.0 Å². The first-order chi connectivity index (χ1) is 13.2. The van der Waals surface area contributed by atoms with Gasteiger partial charge < -0.3 is 4.57 Å². The van der Waals surface area contributed by atoms with Crippen LogP contribution in [0.5, 0.6) is 0 Å². The number of hydrazone groups is 1. The second-order valence-corrected chi connectivity index (χ2v) is 7.03. The highest BCUT2D eigenvalue weighted by Gasteiger charge is 2.11. The largest absolute Gasteiger partial charge is 0.319 e. The molecule has 0 bridgehead atoms. The van der Waals surface area contributed by atoms with E-state index in [1.165, 1.54) is 18.0 Å². The summed E-state index contributed by atoms with van der Waals surface area (Å²) < 4.78 is 2.09. The molecule has 138 valence electrons. The van der Waals surface area contributed by atoms with Gasteiger partial charge in [0.1, 0.15) is 0 Å². The zero-order valence-corrected chi connectivity index (χ0v) is 16.4. The SMILES string of the molecule is CCn1c(SCC(=O)N/N=C/C(Cl)=C/c2ccccc2)nc2ccccc21. The number of allylic oxidation sites excluding steroid dienone is 1. The minimum Gasteiger partial charge on any atom is -0.319 e. The van der Waals surface area contributed by atoms with Gasteiger partial charge in [-0.3, -0.25) is 4.79 Å². The first-order valence-electron chi connectivity index (χ1n) is 8.49. The van der Waals surface area contributed by atoms with Gasteiger partial charge in [-0.25, -0.2) is 10.4 Å². The number of carbonyl (C=O) groups is 1. The van der Waals surface area contributed by atoms with E-state index >= 15 is 0 Å². The smallest absolute Gasteiger partial charge is 0.250 e. The molecular weight excluding hydrogens is 380 g/mol. The summed E-state index contributed by atoms with van der Waals surface area (Å²) in [6.45, 7) is 2.85. The van der Waals surface area contributed by atoms with Crippen molar-refractivity contribution < 1.29 is 4.79 Å². The molecule has 0 aliphatic heterocycles. The van der Waals surface area contributed by atoms with Crippen molar-refractivity contribution in [2.24, 2.45) is 5.10 Å². The molecule has 3 rings (SSSR count). The van der Waals surface area contributed by atoms with Crippen molar-refractivity contribution in [1.82, 2.24) is 15.0 Å². The summed E-state index contributed by atoms with van der Waals surface area (Å²) in [6, 6.07) is 17.6. The van der Waals surface area contributed by atoms with Crippen LogP contribution in [0.15, 0.2) is 69.9 Å². The Kier molecular flexibility index (Phi) is 6.68. The third-order valence-corrected chi connectivity index (χ3v) is 4.93. The average molecular weight is 399 g/mol. The van der Waals surface area contributed by atoms with Gasteiger partial charge in [0.2, 0.25) is 0 Å². The number of benzene rings is 2. The minimum atomic E-state index is -0.213. The highest BCUT2D eigenvalue weighted by atomic mass is 35.5. The summed E-state index contributed by atoms with van der Waals surface area (Å²) in [6.07, 6.45) is 3.19. The van der Waals surface area contributed by atoms with E-state index in [9.17, 15) is 4.79 Å². The number of imidazole rings is 1. The van der Waals surface area contributed by atoms with Gasteiger partial charge in [-0.05, 0) is 30.7 Å². The van der Waals surface area contributed by atoms with E-state index in [0.717, 1.165) is 28.3 Å². The standard InChI is InChI=1S/C20H19ClN4OS/c1-2-25-18-11-7-6-10-17(18)23-20(25)27-14-19(26)24-22-13-16(21)12-15-8-4-3-5-9-15/h3-13H,2,14H2,1H3,(H,24,26)/b16-12-,22-13+. The predicted octanol–water partition coefficient (Wildman–Crippen LogP) is 4.53. The summed E-state index contributed by atoms with van der Waals surface area (Å²) >= 11 is 7.48. The normalized spacial score (nSPS) is 12.0. The summed E-state index contributed by atoms with van der Waals surface area (Å²) in [7, 11) is 0. The number of aromatic nitrogens is 2. The molecule has 0 saturated carbocycles. The molecule has 3 aromatic rings. The number of halogens is 1. The Balaban J connectivity index is 1.55. The summed E-state index contributed by atoms with van der Waals surface area (Å²) in [5.41, 5.74) is 5.45. The Morgan fingerprint density at radius 3 is 2.74 bits per heavy atom. The molecule has 0 spiro atoms. The molecule has 5 nitrogen and oxygen atoms in total. The molecule has 1 heterocycles. The molecule has 27 heavy (non-hydrogen) atoms. The number of hydrogen-bond acceptors (Lipinski definition) is 4. The molecular formula is C20H19ClN4OS. The molecule has 0 atom stereocenters. The van der Waals surface area contributed by atoms with Crippen molar-refractivity contribution in [3.05, 3.63) is 65.2 Å². The van der Waals surface area contributed by atoms with Crippen LogP contribution < -0.4 is 5.43 Å². The van der Waals surface area contributed by atoms with E-state index < -0.39 is 0 Å². The van der Waals surface area contributed by atoms with Crippen LogP contribution in [0.1, 0.15) is 12.5 Å². The molecule has 0 saturated heterocycles. The number of thioether (sulfide) groups is 1. The number of nitrogens with one attached hydrogen (secondary N) is 1. The maximum atomic E-state index is 12.0. The number of rotatable bonds is 7. The van der Waals surface area contributed by atoms with E-state index in [1.54, 1.807) is 6.08 Å². The van der Waals surface area contributed by atoms with Crippen LogP contribution in [0.3, 0.4) is 0 Å². The van der Waals surface area contributed by atoms with Crippen LogP contribution in [0.2, 0.25) is 0 Å². The van der Waals surface area contributed by atoms with E-state index in [-0.39, 0.29) is 11.7 Å². The molecule has 0 radical (unpaired) electrons. The molecule has 7 heteroatoms. The van der Waals surface area contributed by atoms with Crippen LogP contribution in [-0.4, -0.2) is 27.4 Å². The summed E-state index contributed by atoms with van der Waals surface area (Å²) in [5, 5.41) is 5.15. The maximum Gasteiger partial charge on any atom is 0.250 e. The van der Waals surface area contributed by atoms with Gasteiger partial charge in [-0.2, -0.15) is 5.10 Å².